The van der Waals surface area contributed by atoms with E-state index >= 15 is 0 Å². The molecule has 27 heavy (non-hydrogen) atoms. The molecular weight excluding hydrogens is 390 g/mol. The molecule has 0 fully saturated rings. The van der Waals surface area contributed by atoms with Crippen LogP contribution < -0.4 is 15.7 Å². The first kappa shape index (κ1) is 21.1. The number of aryl methyl sites for hydroxylation is 1. The Morgan fingerprint density at radius 3 is 2.59 bits per heavy atom. The minimum atomic E-state index is -1.39. The van der Waals surface area contributed by atoms with Gasteiger partial charge in [0, 0.05) is 23.0 Å². The zero-order chi connectivity index (χ0) is 20.1. The summed E-state index contributed by atoms with van der Waals surface area (Å²) in [5, 5.41) is 17.3. The smallest absolute Gasteiger partial charge is 0.268 e. The standard InChI is InChI=1S/C18H22ClN3O4S/c1-10(18(25)26)20-16(23)13(6-7-27-3)21-17(24)15-9-11-8-12(19)4-5-14(11)22(15)2/h4-5,8-10,13H,6-7H2,1-3H3,(H,20,23)(H,21,24)(H,25,26)/p-1/t10-,13-/m0/s1. The highest BCUT2D eigenvalue weighted by atomic mass is 35.5. The number of fused-ring (bicyclic) bond motifs is 1. The zero-order valence-corrected chi connectivity index (χ0v) is 16.8. The normalized spacial score (nSPS) is 13.2. The number of aromatic nitrogens is 1. The van der Waals surface area contributed by atoms with Crippen molar-refractivity contribution < 1.29 is 19.5 Å². The van der Waals surface area contributed by atoms with E-state index in [1.807, 2.05) is 12.3 Å². The predicted molar refractivity (Wildman–Crippen MR) is 105 cm³/mol. The minimum Gasteiger partial charge on any atom is -0.548 e. The fourth-order valence-electron chi connectivity index (χ4n) is 2.65. The SMILES string of the molecule is CSCC[C@H](NC(=O)c1cc2cc(Cl)ccc2n1C)C(=O)N[C@@H](C)C(=O)[O-]. The Hall–Kier alpha value is -2.19. The van der Waals surface area contributed by atoms with Crippen LogP contribution in [0, 0.1) is 0 Å². The highest BCUT2D eigenvalue weighted by molar-refractivity contribution is 7.98. The van der Waals surface area contributed by atoms with Crippen molar-refractivity contribution in [3.8, 4) is 0 Å². The van der Waals surface area contributed by atoms with Gasteiger partial charge in [-0.3, -0.25) is 9.59 Å². The largest absolute Gasteiger partial charge is 0.548 e. The number of carboxylic acid groups (broad SMARTS) is 1. The fraction of sp³-hybridized carbons (Fsp3) is 0.389. The van der Waals surface area contributed by atoms with Crippen molar-refractivity contribution in [3.05, 3.63) is 35.0 Å². The molecule has 0 unspecified atom stereocenters. The molecule has 2 amide bonds. The highest BCUT2D eigenvalue weighted by Gasteiger charge is 2.24. The lowest BCUT2D eigenvalue weighted by atomic mass is 10.2. The number of amides is 2. The maximum Gasteiger partial charge on any atom is 0.268 e. The molecule has 0 saturated carbocycles. The summed E-state index contributed by atoms with van der Waals surface area (Å²) in [6.07, 6.45) is 2.25. The number of carbonyl (C=O) groups is 3. The minimum absolute atomic E-state index is 0.369. The first-order valence-corrected chi connectivity index (χ1v) is 10.1. The third-order valence-electron chi connectivity index (χ3n) is 4.18. The number of thioether (sulfide) groups is 1. The molecule has 0 bridgehead atoms. The number of hydrogen-bond donors (Lipinski definition) is 2. The number of benzene rings is 1. The van der Waals surface area contributed by atoms with E-state index in [4.69, 9.17) is 11.6 Å². The second kappa shape index (κ2) is 9.14. The van der Waals surface area contributed by atoms with E-state index in [2.05, 4.69) is 10.6 Å². The van der Waals surface area contributed by atoms with Crippen LogP contribution in [-0.4, -0.2) is 46.4 Å². The van der Waals surface area contributed by atoms with Crippen molar-refractivity contribution in [1.29, 1.82) is 0 Å². The molecule has 0 saturated heterocycles. The predicted octanol–water partition coefficient (Wildman–Crippen LogP) is 0.938. The number of hydrogen-bond acceptors (Lipinski definition) is 5. The number of nitrogens with zero attached hydrogens (tertiary/aromatic N) is 1. The maximum atomic E-state index is 12.7. The Morgan fingerprint density at radius 1 is 1.26 bits per heavy atom. The number of nitrogens with one attached hydrogen (secondary N) is 2. The Balaban J connectivity index is 2.21. The van der Waals surface area contributed by atoms with Gasteiger partial charge < -0.3 is 25.1 Å². The van der Waals surface area contributed by atoms with Crippen molar-refractivity contribution in [2.75, 3.05) is 12.0 Å². The van der Waals surface area contributed by atoms with Gasteiger partial charge in [-0.2, -0.15) is 11.8 Å². The van der Waals surface area contributed by atoms with Crippen LogP contribution in [0.4, 0.5) is 0 Å². The van der Waals surface area contributed by atoms with E-state index in [9.17, 15) is 19.5 Å². The summed E-state index contributed by atoms with van der Waals surface area (Å²) < 4.78 is 1.72. The van der Waals surface area contributed by atoms with Gasteiger partial charge in [0.05, 0.1) is 12.0 Å². The van der Waals surface area contributed by atoms with E-state index in [1.54, 1.807) is 29.8 Å². The van der Waals surface area contributed by atoms with Crippen LogP contribution in [0.1, 0.15) is 23.8 Å². The van der Waals surface area contributed by atoms with E-state index in [-0.39, 0.29) is 0 Å². The third kappa shape index (κ3) is 5.17. The number of carbonyl (C=O) groups excluding carboxylic acids is 3. The van der Waals surface area contributed by atoms with Crippen LogP contribution in [0.5, 0.6) is 0 Å². The van der Waals surface area contributed by atoms with E-state index in [0.717, 1.165) is 10.9 Å². The molecule has 1 aromatic heterocycles. The molecule has 1 heterocycles. The number of halogens is 1. The Bertz CT molecular complexity index is 868. The Labute approximate surface area is 166 Å². The quantitative estimate of drug-likeness (QED) is 0.674. The number of aliphatic carboxylic acids is 1. The topological polar surface area (TPSA) is 103 Å². The highest BCUT2D eigenvalue weighted by Crippen LogP contribution is 2.22. The van der Waals surface area contributed by atoms with Gasteiger partial charge in [0.1, 0.15) is 11.7 Å². The molecule has 0 spiro atoms. The summed E-state index contributed by atoms with van der Waals surface area (Å²) in [6.45, 7) is 1.31. The molecule has 2 atom stereocenters. The van der Waals surface area contributed by atoms with E-state index in [1.165, 1.54) is 18.7 Å². The summed E-state index contributed by atoms with van der Waals surface area (Å²) in [5.41, 5.74) is 1.21. The van der Waals surface area contributed by atoms with Crippen LogP contribution in [0.15, 0.2) is 24.3 Å². The average Bonchev–Trinajstić information content (AvgIpc) is 2.94. The van der Waals surface area contributed by atoms with Crippen molar-refractivity contribution in [1.82, 2.24) is 15.2 Å². The molecule has 2 rings (SSSR count). The van der Waals surface area contributed by atoms with Crippen LogP contribution in [-0.2, 0) is 16.6 Å². The monoisotopic (exact) mass is 410 g/mol. The van der Waals surface area contributed by atoms with Gasteiger partial charge in [0.2, 0.25) is 5.91 Å². The van der Waals surface area contributed by atoms with Crippen molar-refractivity contribution in [2.24, 2.45) is 7.05 Å². The molecule has 146 valence electrons. The van der Waals surface area contributed by atoms with Gasteiger partial charge in [0.15, 0.2) is 0 Å². The molecular formula is C18H21ClN3O4S-. The maximum absolute atomic E-state index is 12.7. The van der Waals surface area contributed by atoms with Crippen LogP contribution >= 0.6 is 23.4 Å². The van der Waals surface area contributed by atoms with Gasteiger partial charge in [-0.05, 0) is 49.6 Å². The van der Waals surface area contributed by atoms with Crippen LogP contribution in [0.3, 0.4) is 0 Å². The van der Waals surface area contributed by atoms with Crippen molar-refractivity contribution in [3.63, 3.8) is 0 Å². The molecule has 0 aliphatic rings. The molecule has 0 radical (unpaired) electrons. The Morgan fingerprint density at radius 2 is 1.96 bits per heavy atom. The Kier molecular flexibility index (Phi) is 7.15. The number of rotatable bonds is 8. The second-order valence-corrected chi connectivity index (χ2v) is 7.57. The van der Waals surface area contributed by atoms with Gasteiger partial charge in [-0.1, -0.05) is 11.6 Å². The molecule has 0 aliphatic carbocycles. The second-order valence-electron chi connectivity index (χ2n) is 6.15. The molecule has 0 aliphatic heterocycles. The average molecular weight is 411 g/mol. The molecule has 7 nitrogen and oxygen atoms in total. The number of carboxylic acids is 1. The van der Waals surface area contributed by atoms with E-state index < -0.39 is 29.9 Å². The zero-order valence-electron chi connectivity index (χ0n) is 15.2. The summed E-state index contributed by atoms with van der Waals surface area (Å²) >= 11 is 7.52. The lowest BCUT2D eigenvalue weighted by Gasteiger charge is -2.21. The lowest BCUT2D eigenvalue weighted by molar-refractivity contribution is -0.307. The van der Waals surface area contributed by atoms with Crippen LogP contribution in [0.25, 0.3) is 10.9 Å². The first-order chi connectivity index (χ1) is 12.7. The first-order valence-electron chi connectivity index (χ1n) is 8.30. The summed E-state index contributed by atoms with van der Waals surface area (Å²) in [6, 6.07) is 5.01. The summed E-state index contributed by atoms with van der Waals surface area (Å²) in [5.74, 6) is -1.74. The molecule has 2 N–H and O–H groups in total. The van der Waals surface area contributed by atoms with Crippen molar-refractivity contribution in [2.45, 2.75) is 25.4 Å². The van der Waals surface area contributed by atoms with Gasteiger partial charge >= 0.3 is 0 Å². The lowest BCUT2D eigenvalue weighted by Crippen LogP contribution is -2.53. The molecule has 2 aromatic rings. The summed E-state index contributed by atoms with van der Waals surface area (Å²) in [7, 11) is 1.75. The molecule has 1 aromatic carbocycles. The van der Waals surface area contributed by atoms with Crippen LogP contribution in [0.2, 0.25) is 5.02 Å². The summed E-state index contributed by atoms with van der Waals surface area (Å²) in [4.78, 5) is 36.0. The van der Waals surface area contributed by atoms with Crippen molar-refractivity contribution >= 4 is 52.0 Å². The molecule has 9 heteroatoms. The van der Waals surface area contributed by atoms with Gasteiger partial charge in [-0.25, -0.2) is 0 Å². The van der Waals surface area contributed by atoms with E-state index in [0.29, 0.717) is 22.9 Å². The van der Waals surface area contributed by atoms with Gasteiger partial charge in [0.25, 0.3) is 5.91 Å². The third-order valence-corrected chi connectivity index (χ3v) is 5.06. The fourth-order valence-corrected chi connectivity index (χ4v) is 3.30. The van der Waals surface area contributed by atoms with Gasteiger partial charge in [-0.15, -0.1) is 0 Å².